The fraction of sp³-hybridized carbons (Fsp3) is 0.353. The summed E-state index contributed by atoms with van der Waals surface area (Å²) in [5.41, 5.74) is 6.34. The Morgan fingerprint density at radius 2 is 2.12 bits per heavy atom. The van der Waals surface area contributed by atoms with E-state index in [1.165, 1.54) is 13.3 Å². The topological polar surface area (TPSA) is 118 Å². The molecule has 0 spiro atoms. The standard InChI is InChI=1S/C16H18N2O4S.CH5N/c1-9(2)8-22-13-5-4-11(6-12(13)7-17-21)15-18-10(3)14(23-15)16(19)20;1-2/h4-7,9,21H,8H2,1-3H3,(H,19,20);2H2,1H3. The fourth-order valence-corrected chi connectivity index (χ4v) is 2.85. The van der Waals surface area contributed by atoms with Gasteiger partial charge in [-0.3, -0.25) is 0 Å². The van der Waals surface area contributed by atoms with Crippen LogP contribution in [0.2, 0.25) is 0 Å². The number of hydrogen-bond donors (Lipinski definition) is 3. The van der Waals surface area contributed by atoms with Crippen LogP contribution in [-0.4, -0.2) is 41.1 Å². The van der Waals surface area contributed by atoms with Crippen molar-refractivity contribution in [1.82, 2.24) is 4.98 Å². The summed E-state index contributed by atoms with van der Waals surface area (Å²) in [5.74, 6) is -0.0133. The first-order valence-electron chi connectivity index (χ1n) is 7.65. The van der Waals surface area contributed by atoms with Gasteiger partial charge < -0.3 is 20.8 Å². The van der Waals surface area contributed by atoms with Gasteiger partial charge in [0.05, 0.1) is 18.5 Å². The average molecular weight is 365 g/mol. The predicted octanol–water partition coefficient (Wildman–Crippen LogP) is 3.23. The summed E-state index contributed by atoms with van der Waals surface area (Å²) in [4.78, 5) is 15.7. The van der Waals surface area contributed by atoms with Crippen molar-refractivity contribution in [3.8, 4) is 16.3 Å². The second-order valence-corrected chi connectivity index (χ2v) is 6.44. The van der Waals surface area contributed by atoms with Gasteiger partial charge in [0.15, 0.2) is 0 Å². The zero-order valence-electron chi connectivity index (χ0n) is 14.7. The van der Waals surface area contributed by atoms with Crippen LogP contribution in [0.1, 0.15) is 34.8 Å². The fourth-order valence-electron chi connectivity index (χ4n) is 1.95. The molecule has 0 aliphatic heterocycles. The minimum atomic E-state index is -0.986. The number of carboxylic acids is 1. The van der Waals surface area contributed by atoms with Gasteiger partial charge in [-0.1, -0.05) is 19.0 Å². The molecule has 0 saturated heterocycles. The second kappa shape index (κ2) is 9.75. The molecule has 0 unspecified atom stereocenters. The number of oxime groups is 1. The number of carboxylic acid groups (broad SMARTS) is 1. The van der Waals surface area contributed by atoms with E-state index < -0.39 is 5.97 Å². The van der Waals surface area contributed by atoms with Crippen molar-refractivity contribution in [2.75, 3.05) is 13.7 Å². The quantitative estimate of drug-likeness (QED) is 0.411. The molecule has 0 atom stereocenters. The molecule has 0 fully saturated rings. The number of thiazole rings is 1. The lowest BCUT2D eigenvalue weighted by Crippen LogP contribution is -2.06. The highest BCUT2D eigenvalue weighted by atomic mass is 32.1. The second-order valence-electron chi connectivity index (χ2n) is 5.44. The minimum absolute atomic E-state index is 0.220. The van der Waals surface area contributed by atoms with E-state index in [-0.39, 0.29) is 4.88 Å². The van der Waals surface area contributed by atoms with Crippen LogP contribution in [-0.2, 0) is 0 Å². The number of ether oxygens (including phenoxy) is 1. The van der Waals surface area contributed by atoms with Gasteiger partial charge in [0.1, 0.15) is 15.6 Å². The maximum absolute atomic E-state index is 11.1. The van der Waals surface area contributed by atoms with Crippen molar-refractivity contribution in [1.29, 1.82) is 0 Å². The Morgan fingerprint density at radius 1 is 1.44 bits per heavy atom. The van der Waals surface area contributed by atoms with Crippen LogP contribution in [0.25, 0.3) is 10.6 Å². The molecular formula is C17H23N3O4S. The van der Waals surface area contributed by atoms with Crippen LogP contribution in [0, 0.1) is 12.8 Å². The summed E-state index contributed by atoms with van der Waals surface area (Å²) in [7, 11) is 1.50. The van der Waals surface area contributed by atoms with E-state index in [0.717, 1.165) is 16.9 Å². The Kier molecular flexibility index (Phi) is 8.03. The van der Waals surface area contributed by atoms with Crippen LogP contribution in [0.15, 0.2) is 23.4 Å². The zero-order valence-corrected chi connectivity index (χ0v) is 15.5. The molecule has 1 heterocycles. The molecule has 4 N–H and O–H groups in total. The molecule has 0 amide bonds. The van der Waals surface area contributed by atoms with Crippen molar-refractivity contribution in [3.05, 3.63) is 34.3 Å². The molecule has 1 aromatic heterocycles. The van der Waals surface area contributed by atoms with Crippen LogP contribution < -0.4 is 10.5 Å². The molecule has 136 valence electrons. The van der Waals surface area contributed by atoms with Gasteiger partial charge in [-0.2, -0.15) is 0 Å². The number of aryl methyl sites for hydroxylation is 1. The first-order valence-corrected chi connectivity index (χ1v) is 8.47. The number of aromatic carboxylic acids is 1. The Balaban J connectivity index is 0.00000151. The van der Waals surface area contributed by atoms with Crippen molar-refractivity contribution < 1.29 is 19.8 Å². The monoisotopic (exact) mass is 365 g/mol. The Labute approximate surface area is 150 Å². The van der Waals surface area contributed by atoms with Crippen molar-refractivity contribution in [2.24, 2.45) is 16.8 Å². The molecule has 0 aliphatic carbocycles. The maximum atomic E-state index is 11.1. The summed E-state index contributed by atoms with van der Waals surface area (Å²) >= 11 is 1.11. The lowest BCUT2D eigenvalue weighted by molar-refractivity contribution is 0.0701. The lowest BCUT2D eigenvalue weighted by Gasteiger charge is -2.11. The Bertz CT molecular complexity index is 741. The van der Waals surface area contributed by atoms with E-state index in [1.807, 2.05) is 19.9 Å². The largest absolute Gasteiger partial charge is 0.493 e. The molecule has 0 radical (unpaired) electrons. The first kappa shape index (κ1) is 20.6. The van der Waals surface area contributed by atoms with Gasteiger partial charge in [0.25, 0.3) is 0 Å². The van der Waals surface area contributed by atoms with Gasteiger partial charge >= 0.3 is 5.97 Å². The van der Waals surface area contributed by atoms with Gasteiger partial charge in [-0.15, -0.1) is 11.3 Å². The molecule has 1 aromatic carbocycles. The van der Waals surface area contributed by atoms with Gasteiger partial charge in [0.2, 0.25) is 0 Å². The first-order chi connectivity index (χ1) is 11.9. The molecule has 8 heteroatoms. The average Bonchev–Trinajstić information content (AvgIpc) is 2.98. The molecule has 0 bridgehead atoms. The zero-order chi connectivity index (χ0) is 19.0. The van der Waals surface area contributed by atoms with Crippen LogP contribution >= 0.6 is 11.3 Å². The third kappa shape index (κ3) is 5.54. The van der Waals surface area contributed by atoms with E-state index in [1.54, 1.807) is 19.1 Å². The van der Waals surface area contributed by atoms with Gasteiger partial charge in [0, 0.05) is 11.1 Å². The van der Waals surface area contributed by atoms with Crippen molar-refractivity contribution in [2.45, 2.75) is 20.8 Å². The van der Waals surface area contributed by atoms with Crippen LogP contribution in [0.3, 0.4) is 0 Å². The molecule has 0 aliphatic rings. The molecule has 2 rings (SSSR count). The molecule has 25 heavy (non-hydrogen) atoms. The number of aromatic nitrogens is 1. The number of carbonyl (C=O) groups is 1. The smallest absolute Gasteiger partial charge is 0.347 e. The van der Waals surface area contributed by atoms with E-state index >= 15 is 0 Å². The Morgan fingerprint density at radius 3 is 2.64 bits per heavy atom. The van der Waals surface area contributed by atoms with E-state index in [2.05, 4.69) is 15.9 Å². The highest BCUT2D eigenvalue weighted by molar-refractivity contribution is 7.17. The number of rotatable bonds is 6. The number of nitrogens with two attached hydrogens (primary N) is 1. The minimum Gasteiger partial charge on any atom is -0.493 e. The summed E-state index contributed by atoms with van der Waals surface area (Å²) in [5, 5.41) is 21.6. The highest BCUT2D eigenvalue weighted by Gasteiger charge is 2.16. The maximum Gasteiger partial charge on any atom is 0.347 e. The SMILES string of the molecule is CN.Cc1nc(-c2ccc(OCC(C)C)c(C=NO)c2)sc1C(=O)O. The predicted molar refractivity (Wildman–Crippen MR) is 99.1 cm³/mol. The van der Waals surface area contributed by atoms with E-state index in [0.29, 0.717) is 34.5 Å². The van der Waals surface area contributed by atoms with Gasteiger partial charge in [-0.25, -0.2) is 9.78 Å². The molecule has 2 aromatic rings. The van der Waals surface area contributed by atoms with Crippen molar-refractivity contribution in [3.63, 3.8) is 0 Å². The normalized spacial score (nSPS) is 10.6. The van der Waals surface area contributed by atoms with Crippen molar-refractivity contribution >= 4 is 23.5 Å². The summed E-state index contributed by atoms with van der Waals surface area (Å²) in [6.07, 6.45) is 1.29. The Hall–Kier alpha value is -2.45. The summed E-state index contributed by atoms with van der Waals surface area (Å²) in [6.45, 7) is 6.30. The molecule has 0 saturated carbocycles. The van der Waals surface area contributed by atoms with E-state index in [9.17, 15) is 4.79 Å². The number of nitrogens with zero attached hydrogens (tertiary/aromatic N) is 2. The number of hydrogen-bond acceptors (Lipinski definition) is 7. The van der Waals surface area contributed by atoms with Gasteiger partial charge in [-0.05, 0) is 38.1 Å². The molecule has 7 nitrogen and oxygen atoms in total. The van der Waals surface area contributed by atoms with E-state index in [4.69, 9.17) is 15.1 Å². The van der Waals surface area contributed by atoms with Crippen LogP contribution in [0.5, 0.6) is 5.75 Å². The molecular weight excluding hydrogens is 342 g/mol. The lowest BCUT2D eigenvalue weighted by atomic mass is 10.1. The summed E-state index contributed by atoms with van der Waals surface area (Å²) in [6, 6.07) is 5.35. The number of benzene rings is 1. The third-order valence-corrected chi connectivity index (χ3v) is 4.21. The third-order valence-electron chi connectivity index (χ3n) is 3.02. The van der Waals surface area contributed by atoms with Crippen LogP contribution in [0.4, 0.5) is 0 Å². The summed E-state index contributed by atoms with van der Waals surface area (Å²) < 4.78 is 5.70. The highest BCUT2D eigenvalue weighted by Crippen LogP contribution is 2.31.